The lowest BCUT2D eigenvalue weighted by Gasteiger charge is -2.37. The Bertz CT molecular complexity index is 1880. The zero-order valence-electron chi connectivity index (χ0n) is 28.3. The normalized spacial score (nSPS) is 24.6. The number of carbonyl (C=O) groups is 2. The van der Waals surface area contributed by atoms with Crippen LogP contribution in [0.2, 0.25) is 0 Å². The fourth-order valence-corrected chi connectivity index (χ4v) is 8.46. The maximum Gasteiger partial charge on any atom is 0.254 e. The van der Waals surface area contributed by atoms with Gasteiger partial charge < -0.3 is 24.8 Å². The summed E-state index contributed by atoms with van der Waals surface area (Å²) in [6, 6.07) is 10.9. The first-order valence-corrected chi connectivity index (χ1v) is 17.5. The third kappa shape index (κ3) is 5.19. The Morgan fingerprint density at radius 1 is 1.00 bits per heavy atom. The highest BCUT2D eigenvalue weighted by atomic mass is 16.5. The average Bonchev–Trinajstić information content (AvgIpc) is 3.33. The third-order valence-corrected chi connectivity index (χ3v) is 11.1. The van der Waals surface area contributed by atoms with Crippen molar-refractivity contribution in [3.63, 3.8) is 0 Å². The van der Waals surface area contributed by atoms with E-state index in [9.17, 15) is 9.59 Å². The minimum atomic E-state index is -0.385. The largest absolute Gasteiger partial charge is 0.482 e. The Morgan fingerprint density at radius 2 is 1.74 bits per heavy atom. The van der Waals surface area contributed by atoms with E-state index >= 15 is 0 Å². The van der Waals surface area contributed by atoms with Crippen LogP contribution in [0.15, 0.2) is 30.3 Å². The third-order valence-electron chi connectivity index (χ3n) is 11.1. The zero-order valence-corrected chi connectivity index (χ0v) is 28.3. The fraction of sp³-hybridized carbons (Fsp3) is 0.568. The highest BCUT2D eigenvalue weighted by Gasteiger charge is 2.43. The second-order valence-corrected chi connectivity index (χ2v) is 15.6. The van der Waals surface area contributed by atoms with Crippen LogP contribution in [0.5, 0.6) is 5.88 Å². The molecular formula is C37H47N7O3. The van der Waals surface area contributed by atoms with Gasteiger partial charge in [0, 0.05) is 71.8 Å². The number of aromatic nitrogens is 4. The first-order chi connectivity index (χ1) is 22.5. The molecule has 4 aromatic rings. The Morgan fingerprint density at radius 3 is 2.43 bits per heavy atom. The number of nitrogens with two attached hydrogens (primary N) is 1. The van der Waals surface area contributed by atoms with Gasteiger partial charge in [-0.2, -0.15) is 0 Å². The number of hydrogen-bond acceptors (Lipinski definition) is 6. The van der Waals surface area contributed by atoms with Gasteiger partial charge in [0.2, 0.25) is 5.91 Å². The summed E-state index contributed by atoms with van der Waals surface area (Å²) >= 11 is 0. The van der Waals surface area contributed by atoms with E-state index in [-0.39, 0.29) is 41.3 Å². The number of methoxy groups -OCH3 is 1. The molecule has 10 nitrogen and oxygen atoms in total. The van der Waals surface area contributed by atoms with Crippen LogP contribution in [-0.2, 0) is 11.3 Å². The number of pyridine rings is 2. The van der Waals surface area contributed by atoms with Gasteiger partial charge in [-0.3, -0.25) is 14.0 Å². The molecule has 0 aromatic carbocycles. The Kier molecular flexibility index (Phi) is 7.17. The summed E-state index contributed by atoms with van der Waals surface area (Å²) in [7, 11) is 1.65. The molecule has 2 amide bonds. The molecule has 1 aliphatic carbocycles. The quantitative estimate of drug-likeness (QED) is 0.298. The van der Waals surface area contributed by atoms with Gasteiger partial charge in [0.05, 0.1) is 18.5 Å². The monoisotopic (exact) mass is 637 g/mol. The number of rotatable bonds is 6. The van der Waals surface area contributed by atoms with Gasteiger partial charge >= 0.3 is 0 Å². The minimum absolute atomic E-state index is 0.0432. The standard InChI is InChI=1S/C37H47N7O3/c1-21-33(40-31-15-25(16-32(47-5)43(21)31)35(45)44-27-9-10-28(44)18-26(38)17-27)30-14-23-8-11-29(39-34(23)42(30)19-22-6-7-22)24-12-13-41(20-24)36(46)37(2,3)4/h8,11,14-16,22,24,26-28H,6-7,9-10,12-13,17-20,38H2,1-5H3/t24?,26-,27+,28-. The summed E-state index contributed by atoms with van der Waals surface area (Å²) in [6.45, 7) is 10.4. The van der Waals surface area contributed by atoms with Crippen LogP contribution in [0, 0.1) is 18.3 Å². The number of imidazole rings is 1. The number of piperidine rings is 1. The van der Waals surface area contributed by atoms with Crippen molar-refractivity contribution in [3.8, 4) is 17.3 Å². The summed E-state index contributed by atoms with van der Waals surface area (Å²) in [5.74, 6) is 1.70. The molecule has 4 fully saturated rings. The lowest BCUT2D eigenvalue weighted by atomic mass is 9.95. The van der Waals surface area contributed by atoms with Crippen LogP contribution in [0.25, 0.3) is 28.1 Å². The van der Waals surface area contributed by atoms with E-state index in [4.69, 9.17) is 20.4 Å². The number of hydrogen-bond donors (Lipinski definition) is 1. The molecule has 3 aliphatic heterocycles. The molecule has 248 valence electrons. The van der Waals surface area contributed by atoms with Gasteiger partial charge in [0.15, 0.2) is 5.88 Å². The Labute approximate surface area is 276 Å². The molecule has 7 heterocycles. The van der Waals surface area contributed by atoms with E-state index in [0.717, 1.165) is 79.0 Å². The van der Waals surface area contributed by atoms with E-state index in [1.165, 1.54) is 12.8 Å². The van der Waals surface area contributed by atoms with E-state index in [1.54, 1.807) is 7.11 Å². The topological polar surface area (TPSA) is 111 Å². The SMILES string of the molecule is COc1cc(C(=O)N2[C@@H]3CC[C@H]2C[C@@H](N)C3)cc2nc(-c3cc4ccc(C5CCN(C(=O)C(C)(C)C)C5)nc4n3CC3CC3)c(C)n12. The summed E-state index contributed by atoms with van der Waals surface area (Å²) < 4.78 is 10.3. The van der Waals surface area contributed by atoms with Crippen molar-refractivity contribution in [1.82, 2.24) is 28.7 Å². The second kappa shape index (κ2) is 11.1. The summed E-state index contributed by atoms with van der Waals surface area (Å²) in [5.41, 5.74) is 12.1. The van der Waals surface area contributed by atoms with Crippen molar-refractivity contribution in [2.75, 3.05) is 20.2 Å². The number of amides is 2. The van der Waals surface area contributed by atoms with Crippen LogP contribution in [-0.4, -0.2) is 78.9 Å². The lowest BCUT2D eigenvalue weighted by Crippen LogP contribution is -2.50. The van der Waals surface area contributed by atoms with Crippen LogP contribution in [0.3, 0.4) is 0 Å². The number of aryl methyl sites for hydroxylation is 1. The maximum absolute atomic E-state index is 13.9. The van der Waals surface area contributed by atoms with Crippen molar-refractivity contribution >= 4 is 28.5 Å². The molecule has 3 saturated heterocycles. The van der Waals surface area contributed by atoms with Crippen LogP contribution in [0.1, 0.15) is 93.4 Å². The van der Waals surface area contributed by atoms with E-state index in [2.05, 4.69) is 34.6 Å². The first kappa shape index (κ1) is 30.4. The molecule has 4 atom stereocenters. The highest BCUT2D eigenvalue weighted by Crippen LogP contribution is 2.40. The van der Waals surface area contributed by atoms with Crippen molar-refractivity contribution in [1.29, 1.82) is 0 Å². The number of likely N-dealkylation sites (tertiary alicyclic amines) is 1. The van der Waals surface area contributed by atoms with E-state index in [1.807, 2.05) is 42.2 Å². The smallest absolute Gasteiger partial charge is 0.254 e. The molecular weight excluding hydrogens is 590 g/mol. The van der Waals surface area contributed by atoms with Gasteiger partial charge in [-0.05, 0) is 82.1 Å². The van der Waals surface area contributed by atoms with Gasteiger partial charge in [-0.1, -0.05) is 20.8 Å². The Balaban J connectivity index is 1.17. The number of fused-ring (bicyclic) bond motifs is 4. The minimum Gasteiger partial charge on any atom is -0.482 e. The van der Waals surface area contributed by atoms with E-state index < -0.39 is 0 Å². The van der Waals surface area contributed by atoms with Crippen molar-refractivity contribution < 1.29 is 14.3 Å². The van der Waals surface area contributed by atoms with Gasteiger partial charge in [-0.15, -0.1) is 0 Å². The maximum atomic E-state index is 13.9. The average molecular weight is 638 g/mol. The molecule has 8 rings (SSSR count). The van der Waals surface area contributed by atoms with Crippen molar-refractivity contribution in [3.05, 3.63) is 47.3 Å². The molecule has 4 aliphatic rings. The summed E-state index contributed by atoms with van der Waals surface area (Å²) in [6.07, 6.45) is 7.13. The predicted molar refractivity (Wildman–Crippen MR) is 182 cm³/mol. The zero-order chi connectivity index (χ0) is 32.8. The van der Waals surface area contributed by atoms with Gasteiger partial charge in [-0.25, -0.2) is 9.97 Å². The molecule has 1 unspecified atom stereocenters. The number of nitrogens with zero attached hydrogens (tertiary/aromatic N) is 6. The number of ether oxygens (including phenoxy) is 1. The molecule has 10 heteroatoms. The molecule has 0 spiro atoms. The van der Waals surface area contributed by atoms with Crippen LogP contribution in [0.4, 0.5) is 0 Å². The predicted octanol–water partition coefficient (Wildman–Crippen LogP) is 5.53. The molecule has 2 bridgehead atoms. The summed E-state index contributed by atoms with van der Waals surface area (Å²) in [5, 5.41) is 1.09. The van der Waals surface area contributed by atoms with Crippen molar-refractivity contribution in [2.24, 2.45) is 17.1 Å². The molecule has 1 saturated carbocycles. The van der Waals surface area contributed by atoms with Gasteiger partial charge in [0.25, 0.3) is 5.91 Å². The molecule has 2 N–H and O–H groups in total. The molecule has 0 radical (unpaired) electrons. The summed E-state index contributed by atoms with van der Waals surface area (Å²) in [4.78, 5) is 41.5. The van der Waals surface area contributed by atoms with Crippen LogP contribution >= 0.6 is 0 Å². The van der Waals surface area contributed by atoms with Crippen LogP contribution < -0.4 is 10.5 Å². The lowest BCUT2D eigenvalue weighted by molar-refractivity contribution is -0.138. The van der Waals surface area contributed by atoms with E-state index in [0.29, 0.717) is 29.6 Å². The fourth-order valence-electron chi connectivity index (χ4n) is 8.46. The van der Waals surface area contributed by atoms with Crippen molar-refractivity contribution in [2.45, 2.75) is 103 Å². The van der Waals surface area contributed by atoms with Gasteiger partial charge in [0.1, 0.15) is 17.0 Å². The number of carbonyl (C=O) groups excluding carboxylic acids is 2. The highest BCUT2D eigenvalue weighted by molar-refractivity contribution is 5.96. The second-order valence-electron chi connectivity index (χ2n) is 15.6. The molecule has 47 heavy (non-hydrogen) atoms. The Hall–Kier alpha value is -3.92. The first-order valence-electron chi connectivity index (χ1n) is 17.5. The molecule has 4 aromatic heterocycles.